The number of halogens is 2. The van der Waals surface area contributed by atoms with Crippen LogP contribution in [0.5, 0.6) is 0 Å². The van der Waals surface area contributed by atoms with Crippen molar-refractivity contribution in [2.75, 3.05) is 0 Å². The van der Waals surface area contributed by atoms with E-state index in [9.17, 15) is 4.39 Å². The lowest BCUT2D eigenvalue weighted by atomic mass is 9.93. The highest BCUT2D eigenvalue weighted by Crippen LogP contribution is 2.66. The minimum Gasteiger partial charge on any atom is -0.335 e. The molecule has 1 fully saturated rings. The number of aromatic nitrogens is 2. The number of fused-ring (bicyclic) bond motifs is 3. The Hall–Kier alpha value is -0.940. The van der Waals surface area contributed by atoms with E-state index in [2.05, 4.69) is 25.5 Å². The Bertz CT molecular complexity index is 763. The third kappa shape index (κ3) is 1.43. The molecule has 5 heteroatoms. The Morgan fingerprint density at radius 1 is 1.53 bits per heavy atom. The van der Waals surface area contributed by atoms with E-state index in [1.165, 1.54) is 5.69 Å². The number of H-pyrrole nitrogens is 1. The number of hydrogen-bond donors (Lipinski definition) is 1. The smallest absolute Gasteiger partial charge is 0.177 e. The quantitative estimate of drug-likeness (QED) is 0.773. The van der Waals surface area contributed by atoms with Gasteiger partial charge in [0.1, 0.15) is 5.82 Å². The number of nitrogens with zero attached hydrogens (tertiary/aromatic N) is 1. The maximum absolute atomic E-state index is 14.2. The average molecular weight is 339 g/mol. The normalized spacial score (nSPS) is 27.2. The van der Waals surface area contributed by atoms with Gasteiger partial charge in [-0.2, -0.15) is 0 Å². The molecule has 1 saturated carbocycles. The van der Waals surface area contributed by atoms with E-state index in [0.717, 1.165) is 33.5 Å². The highest BCUT2D eigenvalue weighted by atomic mass is 79.9. The summed E-state index contributed by atoms with van der Waals surface area (Å²) < 4.78 is 18.0. The molecule has 2 aromatic rings. The number of benzene rings is 1. The molecule has 0 spiro atoms. The zero-order valence-corrected chi connectivity index (χ0v) is 12.7. The molecule has 2 aliphatic rings. The van der Waals surface area contributed by atoms with Gasteiger partial charge in [0.25, 0.3) is 0 Å². The predicted octanol–water partition coefficient (Wildman–Crippen LogP) is 4.19. The van der Waals surface area contributed by atoms with Crippen molar-refractivity contribution in [2.24, 2.45) is 0 Å². The minimum absolute atomic E-state index is 0.0728. The van der Waals surface area contributed by atoms with Gasteiger partial charge in [-0.25, -0.2) is 4.39 Å². The summed E-state index contributed by atoms with van der Waals surface area (Å²) in [7, 11) is 0. The Kier molecular flexibility index (Phi) is 2.23. The Morgan fingerprint density at radius 3 is 3.05 bits per heavy atom. The van der Waals surface area contributed by atoms with Gasteiger partial charge < -0.3 is 9.55 Å². The minimum atomic E-state index is -0.107. The summed E-state index contributed by atoms with van der Waals surface area (Å²) in [6.45, 7) is 2.84. The van der Waals surface area contributed by atoms with Crippen LogP contribution in [0.2, 0.25) is 0 Å². The zero-order valence-electron chi connectivity index (χ0n) is 10.3. The lowest BCUT2D eigenvalue weighted by Crippen LogP contribution is -2.14. The summed E-state index contributed by atoms with van der Waals surface area (Å²) in [5.74, 6) is 0.299. The maximum atomic E-state index is 14.2. The molecule has 1 N–H and O–H groups in total. The molecule has 1 aliphatic carbocycles. The lowest BCUT2D eigenvalue weighted by molar-refractivity contribution is 0.530. The molecule has 4 rings (SSSR count). The van der Waals surface area contributed by atoms with E-state index in [-0.39, 0.29) is 11.2 Å². The van der Waals surface area contributed by atoms with Gasteiger partial charge in [-0.3, -0.25) is 0 Å². The topological polar surface area (TPSA) is 20.7 Å². The van der Waals surface area contributed by atoms with E-state index in [4.69, 9.17) is 12.2 Å². The summed E-state index contributed by atoms with van der Waals surface area (Å²) in [5.41, 5.74) is 3.15. The third-order valence-corrected chi connectivity index (χ3v) is 5.34. The monoisotopic (exact) mass is 338 g/mol. The largest absolute Gasteiger partial charge is 0.335 e. The summed E-state index contributed by atoms with van der Waals surface area (Å²) in [4.78, 5) is 3.20. The maximum Gasteiger partial charge on any atom is 0.177 e. The van der Waals surface area contributed by atoms with Gasteiger partial charge >= 0.3 is 0 Å². The molecule has 0 bridgehead atoms. The number of imidazole rings is 1. The van der Waals surface area contributed by atoms with Crippen molar-refractivity contribution >= 4 is 28.1 Å². The summed E-state index contributed by atoms with van der Waals surface area (Å²) in [5, 5.41) is 0. The number of aryl methyl sites for hydroxylation is 1. The van der Waals surface area contributed by atoms with Crippen molar-refractivity contribution in [2.45, 2.75) is 31.2 Å². The van der Waals surface area contributed by atoms with Crippen LogP contribution in [-0.4, -0.2) is 9.55 Å². The number of rotatable bonds is 1. The predicted molar refractivity (Wildman–Crippen MR) is 77.5 cm³/mol. The first-order valence-corrected chi connectivity index (χ1v) is 7.48. The van der Waals surface area contributed by atoms with Crippen LogP contribution in [0.3, 0.4) is 0 Å². The van der Waals surface area contributed by atoms with E-state index >= 15 is 0 Å². The van der Waals surface area contributed by atoms with Gasteiger partial charge in [-0.05, 0) is 49.3 Å². The molecule has 0 unspecified atom stereocenters. The van der Waals surface area contributed by atoms with Gasteiger partial charge in [0, 0.05) is 33.7 Å². The lowest BCUT2D eigenvalue weighted by Gasteiger charge is -2.14. The first kappa shape index (κ1) is 11.9. The molecule has 1 aromatic heterocycles. The van der Waals surface area contributed by atoms with E-state index in [1.54, 1.807) is 12.1 Å². The molecular formula is C14H12BrFN2S. The molecule has 1 aromatic carbocycles. The third-order valence-electron chi connectivity index (χ3n) is 4.53. The summed E-state index contributed by atoms with van der Waals surface area (Å²) >= 11 is 8.78. The SMILES string of the molecule is Cc1[nH]c(=S)n2c1[C@@H]1C[C@]1(c1cc(Br)ccc1F)C2. The second kappa shape index (κ2) is 3.58. The van der Waals surface area contributed by atoms with Crippen molar-refractivity contribution in [1.29, 1.82) is 0 Å². The van der Waals surface area contributed by atoms with Crippen LogP contribution in [0.4, 0.5) is 4.39 Å². The Balaban J connectivity index is 1.87. The average Bonchev–Trinajstić information content (AvgIpc) is 2.87. The fraction of sp³-hybridized carbons (Fsp3) is 0.357. The molecule has 0 radical (unpaired) electrons. The van der Waals surface area contributed by atoms with Crippen molar-refractivity contribution in [3.8, 4) is 0 Å². The first-order valence-electron chi connectivity index (χ1n) is 6.28. The molecule has 2 nitrogen and oxygen atoms in total. The first-order chi connectivity index (χ1) is 9.03. The fourth-order valence-corrected chi connectivity index (χ4v) is 4.27. The molecule has 19 heavy (non-hydrogen) atoms. The molecular weight excluding hydrogens is 327 g/mol. The van der Waals surface area contributed by atoms with Gasteiger partial charge in [0.15, 0.2) is 4.77 Å². The summed E-state index contributed by atoms with van der Waals surface area (Å²) in [6.07, 6.45) is 1.02. The molecule has 98 valence electrons. The van der Waals surface area contributed by atoms with Gasteiger partial charge in [0.2, 0.25) is 0 Å². The standard InChI is InChI=1S/C14H12BrFN2S/c1-7-12-10-5-14(10,6-18(12)13(19)17-7)9-4-8(15)2-3-11(9)16/h2-4,10H,5-6H2,1H3,(H,17,19)/t10-,14+/m0/s1. The highest BCUT2D eigenvalue weighted by Gasteiger charge is 2.63. The molecule has 2 heterocycles. The molecule has 0 amide bonds. The van der Waals surface area contributed by atoms with E-state index in [1.807, 2.05) is 13.0 Å². The molecule has 1 aliphatic heterocycles. The molecule has 0 saturated heterocycles. The van der Waals surface area contributed by atoms with Crippen LogP contribution in [0, 0.1) is 17.5 Å². The van der Waals surface area contributed by atoms with E-state index < -0.39 is 0 Å². The number of hydrogen-bond acceptors (Lipinski definition) is 1. The van der Waals surface area contributed by atoms with Crippen molar-refractivity contribution in [1.82, 2.24) is 9.55 Å². The van der Waals surface area contributed by atoms with Gasteiger partial charge in [-0.15, -0.1) is 0 Å². The summed E-state index contributed by atoms with van der Waals surface area (Å²) in [6, 6.07) is 5.22. The van der Waals surface area contributed by atoms with Crippen molar-refractivity contribution in [3.05, 3.63) is 50.2 Å². The fourth-order valence-electron chi connectivity index (χ4n) is 3.59. The second-order valence-corrected chi connectivity index (χ2v) is 6.87. The van der Waals surface area contributed by atoms with Gasteiger partial charge in [0.05, 0.1) is 0 Å². The van der Waals surface area contributed by atoms with Crippen LogP contribution < -0.4 is 0 Å². The Morgan fingerprint density at radius 2 is 2.32 bits per heavy atom. The highest BCUT2D eigenvalue weighted by molar-refractivity contribution is 9.10. The van der Waals surface area contributed by atoms with Crippen LogP contribution in [-0.2, 0) is 12.0 Å². The van der Waals surface area contributed by atoms with Gasteiger partial charge in [-0.1, -0.05) is 15.9 Å². The number of nitrogens with one attached hydrogen (secondary N) is 1. The van der Waals surface area contributed by atoms with Crippen LogP contribution >= 0.6 is 28.1 Å². The van der Waals surface area contributed by atoms with Crippen molar-refractivity contribution in [3.63, 3.8) is 0 Å². The second-order valence-electron chi connectivity index (χ2n) is 5.56. The van der Waals surface area contributed by atoms with Crippen LogP contribution in [0.15, 0.2) is 22.7 Å². The van der Waals surface area contributed by atoms with Crippen molar-refractivity contribution < 1.29 is 4.39 Å². The Labute approximate surface area is 123 Å². The van der Waals surface area contributed by atoms with Crippen LogP contribution in [0.1, 0.15) is 29.3 Å². The zero-order chi connectivity index (χ0) is 13.4. The van der Waals surface area contributed by atoms with Crippen LogP contribution in [0.25, 0.3) is 0 Å². The van der Waals surface area contributed by atoms with E-state index in [0.29, 0.717) is 5.92 Å². The molecule has 2 atom stereocenters. The number of aromatic amines is 1.